The Labute approximate surface area is 165 Å². The van der Waals surface area contributed by atoms with Crippen molar-refractivity contribution in [3.8, 4) is 5.75 Å². The molecule has 2 aromatic rings. The molecule has 1 saturated heterocycles. The van der Waals surface area contributed by atoms with E-state index < -0.39 is 0 Å². The molecule has 1 heterocycles. The fourth-order valence-electron chi connectivity index (χ4n) is 3.29. The van der Waals surface area contributed by atoms with Gasteiger partial charge in [0.1, 0.15) is 12.3 Å². The first kappa shape index (κ1) is 19.3. The van der Waals surface area contributed by atoms with E-state index in [0.717, 1.165) is 49.3 Å². The molecule has 0 radical (unpaired) electrons. The topological polar surface area (TPSA) is 46.0 Å². The Morgan fingerprint density at radius 3 is 2.63 bits per heavy atom. The van der Waals surface area contributed by atoms with Gasteiger partial charge in [-0.15, -0.1) is 0 Å². The van der Waals surface area contributed by atoms with Gasteiger partial charge in [0.25, 0.3) is 0 Å². The van der Waals surface area contributed by atoms with Crippen molar-refractivity contribution in [3.63, 3.8) is 0 Å². The van der Waals surface area contributed by atoms with E-state index in [1.54, 1.807) is 18.9 Å². The van der Waals surface area contributed by atoms with E-state index in [-0.39, 0.29) is 5.78 Å². The standard InChI is InChI=1S/C21H25N3O2S/c1-16(25)18-6-4-7-19(14-18)22-21(27)24-11-9-23(10-12-24)15-17-5-3-8-20(13-17)26-2/h3-8,13-14H,9-12,15H2,1-2H3,(H,22,27)/p+1. The van der Waals surface area contributed by atoms with Crippen molar-refractivity contribution in [2.75, 3.05) is 38.6 Å². The van der Waals surface area contributed by atoms with Crippen molar-refractivity contribution in [3.05, 3.63) is 59.7 Å². The van der Waals surface area contributed by atoms with Gasteiger partial charge in [-0.1, -0.05) is 24.3 Å². The minimum atomic E-state index is 0.0549. The number of quaternary nitrogens is 1. The molecule has 0 bridgehead atoms. The Morgan fingerprint density at radius 1 is 1.19 bits per heavy atom. The van der Waals surface area contributed by atoms with E-state index in [2.05, 4.69) is 22.3 Å². The highest BCUT2D eigenvalue weighted by Gasteiger charge is 2.22. The van der Waals surface area contributed by atoms with Crippen molar-refractivity contribution in [2.24, 2.45) is 0 Å². The Hall–Kier alpha value is -2.44. The smallest absolute Gasteiger partial charge is 0.173 e. The van der Waals surface area contributed by atoms with Gasteiger partial charge in [0.15, 0.2) is 10.9 Å². The van der Waals surface area contributed by atoms with Crippen molar-refractivity contribution < 1.29 is 14.4 Å². The maximum absolute atomic E-state index is 11.5. The molecule has 2 aromatic carbocycles. The third-order valence-corrected chi connectivity index (χ3v) is 5.23. The van der Waals surface area contributed by atoms with Crippen LogP contribution in [0.25, 0.3) is 0 Å². The van der Waals surface area contributed by atoms with Crippen molar-refractivity contribution in [1.29, 1.82) is 0 Å². The molecule has 0 unspecified atom stereocenters. The van der Waals surface area contributed by atoms with Crippen LogP contribution in [0.4, 0.5) is 5.69 Å². The number of thiocarbonyl (C=S) groups is 1. The summed E-state index contributed by atoms with van der Waals surface area (Å²) in [6, 6.07) is 15.7. The Kier molecular flexibility index (Phi) is 6.42. The zero-order valence-electron chi connectivity index (χ0n) is 15.8. The summed E-state index contributed by atoms with van der Waals surface area (Å²) in [7, 11) is 1.70. The first-order valence-corrected chi connectivity index (χ1v) is 9.59. The van der Waals surface area contributed by atoms with Gasteiger partial charge in [-0.05, 0) is 43.4 Å². The molecule has 2 N–H and O–H groups in total. The van der Waals surface area contributed by atoms with E-state index in [4.69, 9.17) is 17.0 Å². The molecule has 1 aliphatic rings. The van der Waals surface area contributed by atoms with Crippen LogP contribution in [0.3, 0.4) is 0 Å². The van der Waals surface area contributed by atoms with Gasteiger partial charge in [-0.3, -0.25) is 4.79 Å². The van der Waals surface area contributed by atoms with Gasteiger partial charge in [0.2, 0.25) is 0 Å². The molecule has 1 aliphatic heterocycles. The highest BCUT2D eigenvalue weighted by Crippen LogP contribution is 2.13. The van der Waals surface area contributed by atoms with Gasteiger partial charge in [0.05, 0.1) is 33.3 Å². The number of hydrogen-bond donors (Lipinski definition) is 2. The Morgan fingerprint density at radius 2 is 1.93 bits per heavy atom. The van der Waals surface area contributed by atoms with E-state index >= 15 is 0 Å². The zero-order valence-corrected chi connectivity index (χ0v) is 16.6. The second kappa shape index (κ2) is 8.97. The average molecular weight is 385 g/mol. The van der Waals surface area contributed by atoms with Crippen molar-refractivity contribution in [2.45, 2.75) is 13.5 Å². The van der Waals surface area contributed by atoms with Crippen LogP contribution in [0.2, 0.25) is 0 Å². The number of rotatable bonds is 5. The number of nitrogens with zero attached hydrogens (tertiary/aromatic N) is 1. The Bertz CT molecular complexity index is 817. The van der Waals surface area contributed by atoms with E-state index in [0.29, 0.717) is 5.56 Å². The van der Waals surface area contributed by atoms with Crippen LogP contribution in [0.5, 0.6) is 5.75 Å². The second-order valence-corrected chi connectivity index (χ2v) is 7.22. The van der Waals surface area contributed by atoms with Crippen LogP contribution in [0, 0.1) is 0 Å². The van der Waals surface area contributed by atoms with Crippen LogP contribution in [0.15, 0.2) is 48.5 Å². The number of methoxy groups -OCH3 is 1. The van der Waals surface area contributed by atoms with Crippen LogP contribution in [0.1, 0.15) is 22.8 Å². The predicted molar refractivity (Wildman–Crippen MR) is 112 cm³/mol. The quantitative estimate of drug-likeness (QED) is 0.610. The van der Waals surface area contributed by atoms with Gasteiger partial charge >= 0.3 is 0 Å². The number of ether oxygens (including phenoxy) is 1. The number of carbonyl (C=O) groups excluding carboxylic acids is 1. The van der Waals surface area contributed by atoms with Crippen LogP contribution in [-0.4, -0.2) is 49.1 Å². The number of benzene rings is 2. The summed E-state index contributed by atoms with van der Waals surface area (Å²) in [5, 5.41) is 3.98. The first-order valence-electron chi connectivity index (χ1n) is 9.18. The fraction of sp³-hybridized carbons (Fsp3) is 0.333. The van der Waals surface area contributed by atoms with E-state index in [9.17, 15) is 4.79 Å². The number of piperazine rings is 1. The van der Waals surface area contributed by atoms with Gasteiger partial charge in [-0.25, -0.2) is 0 Å². The normalized spacial score (nSPS) is 14.7. The molecule has 5 nitrogen and oxygen atoms in total. The van der Waals surface area contributed by atoms with Gasteiger partial charge < -0.3 is 19.9 Å². The predicted octanol–water partition coefficient (Wildman–Crippen LogP) is 2.00. The molecule has 0 aromatic heterocycles. The molecule has 6 heteroatoms. The van der Waals surface area contributed by atoms with Crippen molar-refractivity contribution in [1.82, 2.24) is 4.90 Å². The molecular weight excluding hydrogens is 358 g/mol. The first-order chi connectivity index (χ1) is 13.0. The largest absolute Gasteiger partial charge is 0.497 e. The fourth-order valence-corrected chi connectivity index (χ4v) is 3.59. The molecule has 142 valence electrons. The molecule has 0 amide bonds. The minimum Gasteiger partial charge on any atom is -0.497 e. The number of anilines is 1. The highest BCUT2D eigenvalue weighted by atomic mass is 32.1. The molecule has 0 spiro atoms. The highest BCUT2D eigenvalue weighted by molar-refractivity contribution is 7.80. The minimum absolute atomic E-state index is 0.0549. The third kappa shape index (κ3) is 5.28. The molecule has 0 aliphatic carbocycles. The maximum atomic E-state index is 11.5. The lowest BCUT2D eigenvalue weighted by molar-refractivity contribution is -0.917. The second-order valence-electron chi connectivity index (χ2n) is 6.83. The lowest BCUT2D eigenvalue weighted by Gasteiger charge is -2.34. The summed E-state index contributed by atoms with van der Waals surface area (Å²) < 4.78 is 5.31. The molecular formula is C21H26N3O2S+. The summed E-state index contributed by atoms with van der Waals surface area (Å²) in [6.07, 6.45) is 0. The maximum Gasteiger partial charge on any atom is 0.173 e. The summed E-state index contributed by atoms with van der Waals surface area (Å²) >= 11 is 5.57. The monoisotopic (exact) mass is 384 g/mol. The zero-order chi connectivity index (χ0) is 19.2. The van der Waals surface area contributed by atoms with E-state index in [1.807, 2.05) is 36.4 Å². The number of nitrogens with one attached hydrogen (secondary N) is 2. The molecule has 1 fully saturated rings. The Balaban J connectivity index is 1.51. The molecule has 27 heavy (non-hydrogen) atoms. The molecule has 3 rings (SSSR count). The summed E-state index contributed by atoms with van der Waals surface area (Å²) in [4.78, 5) is 15.3. The van der Waals surface area contributed by atoms with Crippen LogP contribution >= 0.6 is 12.2 Å². The van der Waals surface area contributed by atoms with Crippen LogP contribution in [-0.2, 0) is 6.54 Å². The summed E-state index contributed by atoms with van der Waals surface area (Å²) in [6.45, 7) is 6.46. The summed E-state index contributed by atoms with van der Waals surface area (Å²) in [5.41, 5.74) is 2.84. The number of Topliss-reactive ketones (excluding diaryl/α,β-unsaturated/α-hetero) is 1. The number of hydrogen-bond acceptors (Lipinski definition) is 3. The lowest BCUT2D eigenvalue weighted by atomic mass is 10.1. The summed E-state index contributed by atoms with van der Waals surface area (Å²) in [5.74, 6) is 0.961. The molecule has 0 atom stereocenters. The van der Waals surface area contributed by atoms with Gasteiger partial charge in [0, 0.05) is 16.8 Å². The van der Waals surface area contributed by atoms with Crippen LogP contribution < -0.4 is 15.0 Å². The van der Waals surface area contributed by atoms with E-state index in [1.165, 1.54) is 5.56 Å². The lowest BCUT2D eigenvalue weighted by Crippen LogP contribution is -3.13. The SMILES string of the molecule is COc1cccc(C[NH+]2CCN(C(=S)Nc3cccc(C(C)=O)c3)CC2)c1. The average Bonchev–Trinajstić information content (AvgIpc) is 2.69. The van der Waals surface area contributed by atoms with Gasteiger partial charge in [-0.2, -0.15) is 0 Å². The number of ketones is 1. The number of carbonyl (C=O) groups is 1. The molecule has 0 saturated carbocycles. The third-order valence-electron chi connectivity index (χ3n) is 4.87. The van der Waals surface area contributed by atoms with Crippen molar-refractivity contribution >= 4 is 28.8 Å².